The lowest BCUT2D eigenvalue weighted by molar-refractivity contribution is -0.111. The van der Waals surface area contributed by atoms with Gasteiger partial charge in [0.15, 0.2) is 0 Å². The maximum atomic E-state index is 14.1. The average Bonchev–Trinajstić information content (AvgIpc) is 3.02. The van der Waals surface area contributed by atoms with Gasteiger partial charge in [-0.2, -0.15) is 4.98 Å². The summed E-state index contributed by atoms with van der Waals surface area (Å²) in [5, 5.41) is 6.62. The molecule has 0 spiro atoms. The smallest absolute Gasteiger partial charge is 0.260 e. The van der Waals surface area contributed by atoms with Gasteiger partial charge in [-0.15, -0.1) is 0 Å². The molecule has 42 heavy (non-hydrogen) atoms. The van der Waals surface area contributed by atoms with Crippen LogP contribution in [0, 0.1) is 0 Å². The molecule has 0 radical (unpaired) electrons. The van der Waals surface area contributed by atoms with Crippen molar-refractivity contribution in [3.8, 4) is 22.6 Å². The first-order valence-corrected chi connectivity index (χ1v) is 13.2. The van der Waals surface area contributed by atoms with Gasteiger partial charge in [0.05, 0.1) is 31.1 Å². The summed E-state index contributed by atoms with van der Waals surface area (Å²) >= 11 is 6.67. The van der Waals surface area contributed by atoms with Gasteiger partial charge in [-0.05, 0) is 42.5 Å². The van der Waals surface area contributed by atoms with Gasteiger partial charge in [-0.3, -0.25) is 19.1 Å². The maximum absolute atomic E-state index is 14.1. The van der Waals surface area contributed by atoms with Gasteiger partial charge in [0.2, 0.25) is 11.9 Å². The summed E-state index contributed by atoms with van der Waals surface area (Å²) in [5.41, 5.74) is 2.11. The number of aryl methyl sites for hydroxylation is 2. The standard InChI is InChI=1S/C30H26ClN7O4/c1-4-26(39)35-20-9-8-19(33-17-20)10-12-38-28-18(16-34-30(37-28)36-25-7-5-6-11-32-25)13-23(29(38)40)22-14-21(41-2)15-24(42-3)27(22)31/h4-9,11,13-17H,1,10,12H2,2-3H3,(H,35,39)(H,32,34,36,37). The third kappa shape index (κ3) is 6.06. The van der Waals surface area contributed by atoms with Gasteiger partial charge in [0.25, 0.3) is 5.56 Å². The van der Waals surface area contributed by atoms with Gasteiger partial charge >= 0.3 is 0 Å². The summed E-state index contributed by atoms with van der Waals surface area (Å²) in [6, 6.07) is 14.0. The number of carbonyl (C=O) groups excluding carboxylic acids is 1. The number of methoxy groups -OCH3 is 2. The highest BCUT2D eigenvalue weighted by Gasteiger charge is 2.19. The van der Waals surface area contributed by atoms with Crippen molar-refractivity contribution in [1.29, 1.82) is 0 Å². The fourth-order valence-electron chi connectivity index (χ4n) is 4.27. The number of hydrogen-bond donors (Lipinski definition) is 2. The number of carbonyl (C=O) groups is 1. The number of amides is 1. The highest BCUT2D eigenvalue weighted by atomic mass is 35.5. The van der Waals surface area contributed by atoms with Gasteiger partial charge < -0.3 is 20.1 Å². The molecule has 212 valence electrons. The number of ether oxygens (including phenoxy) is 2. The highest BCUT2D eigenvalue weighted by molar-refractivity contribution is 6.35. The van der Waals surface area contributed by atoms with Crippen molar-refractivity contribution in [3.63, 3.8) is 0 Å². The lowest BCUT2D eigenvalue weighted by Gasteiger charge is -2.16. The van der Waals surface area contributed by atoms with Crippen LogP contribution in [0.15, 0.2) is 84.6 Å². The topological polar surface area (TPSA) is 133 Å². The van der Waals surface area contributed by atoms with Crippen LogP contribution in [0.3, 0.4) is 0 Å². The molecule has 4 heterocycles. The summed E-state index contributed by atoms with van der Waals surface area (Å²) < 4.78 is 12.4. The van der Waals surface area contributed by atoms with Crippen LogP contribution in [0.5, 0.6) is 11.5 Å². The third-order valence-corrected chi connectivity index (χ3v) is 6.75. The fourth-order valence-corrected chi connectivity index (χ4v) is 4.56. The molecule has 0 fully saturated rings. The van der Waals surface area contributed by atoms with Crippen molar-refractivity contribution in [2.24, 2.45) is 0 Å². The van der Waals surface area contributed by atoms with E-state index in [2.05, 4.69) is 37.1 Å². The molecular formula is C30H26ClN7O4. The van der Waals surface area contributed by atoms with E-state index in [4.69, 9.17) is 21.1 Å². The Bertz CT molecular complexity index is 1830. The normalized spacial score (nSPS) is 10.7. The number of rotatable bonds is 10. The molecule has 0 aliphatic rings. The molecule has 5 aromatic rings. The zero-order chi connectivity index (χ0) is 29.6. The Morgan fingerprint density at radius 2 is 1.90 bits per heavy atom. The Balaban J connectivity index is 1.59. The van der Waals surface area contributed by atoms with Gasteiger partial charge in [-0.25, -0.2) is 9.97 Å². The first kappa shape index (κ1) is 28.2. The van der Waals surface area contributed by atoms with E-state index >= 15 is 0 Å². The molecule has 0 saturated heterocycles. The van der Waals surface area contributed by atoms with Crippen LogP contribution in [-0.4, -0.2) is 44.6 Å². The quantitative estimate of drug-likeness (QED) is 0.217. The molecule has 0 atom stereocenters. The minimum absolute atomic E-state index is 0.243. The number of nitrogens with one attached hydrogen (secondary N) is 2. The Hall–Kier alpha value is -5.29. The molecule has 4 aromatic heterocycles. The maximum Gasteiger partial charge on any atom is 0.260 e. The lowest BCUT2D eigenvalue weighted by Crippen LogP contribution is -2.24. The van der Waals surface area contributed by atoms with E-state index in [-0.39, 0.29) is 29.0 Å². The van der Waals surface area contributed by atoms with Gasteiger partial charge in [0, 0.05) is 53.6 Å². The van der Waals surface area contributed by atoms with Crippen LogP contribution in [0.1, 0.15) is 5.69 Å². The number of halogens is 1. The molecule has 1 amide bonds. The van der Waals surface area contributed by atoms with Crippen molar-refractivity contribution in [1.82, 2.24) is 24.5 Å². The first-order valence-electron chi connectivity index (χ1n) is 12.8. The summed E-state index contributed by atoms with van der Waals surface area (Å²) in [5.74, 6) is 1.36. The van der Waals surface area contributed by atoms with Crippen molar-refractivity contribution < 1.29 is 14.3 Å². The van der Waals surface area contributed by atoms with E-state index in [0.29, 0.717) is 57.3 Å². The summed E-state index contributed by atoms with van der Waals surface area (Å²) in [7, 11) is 3.02. The molecule has 5 rings (SSSR count). The average molecular weight is 584 g/mol. The largest absolute Gasteiger partial charge is 0.497 e. The fraction of sp³-hybridized carbons (Fsp3) is 0.133. The Morgan fingerprint density at radius 1 is 1.05 bits per heavy atom. The number of hydrogen-bond acceptors (Lipinski definition) is 9. The van der Waals surface area contributed by atoms with Gasteiger partial charge in [-0.1, -0.05) is 24.2 Å². The Labute approximate surface area is 245 Å². The number of benzene rings is 1. The molecule has 0 unspecified atom stereocenters. The van der Waals surface area contributed by atoms with E-state index in [0.717, 1.165) is 0 Å². The van der Waals surface area contributed by atoms with Crippen LogP contribution in [-0.2, 0) is 17.8 Å². The van der Waals surface area contributed by atoms with E-state index < -0.39 is 0 Å². The second kappa shape index (κ2) is 12.5. The molecule has 0 aliphatic carbocycles. The summed E-state index contributed by atoms with van der Waals surface area (Å²) in [4.78, 5) is 43.5. The zero-order valence-electron chi connectivity index (χ0n) is 22.8. The van der Waals surface area contributed by atoms with Crippen LogP contribution in [0.2, 0.25) is 5.02 Å². The molecule has 11 nitrogen and oxygen atoms in total. The number of nitrogens with zero attached hydrogens (tertiary/aromatic N) is 5. The van der Waals surface area contributed by atoms with Crippen LogP contribution >= 0.6 is 11.6 Å². The molecule has 2 N–H and O–H groups in total. The predicted molar refractivity (Wildman–Crippen MR) is 162 cm³/mol. The first-order chi connectivity index (χ1) is 20.4. The summed E-state index contributed by atoms with van der Waals surface area (Å²) in [6.45, 7) is 3.69. The van der Waals surface area contributed by atoms with Crippen molar-refractivity contribution in [3.05, 3.63) is 101 Å². The number of aromatic nitrogens is 5. The molecule has 0 bridgehead atoms. The lowest BCUT2D eigenvalue weighted by atomic mass is 10.0. The molecule has 1 aromatic carbocycles. The van der Waals surface area contributed by atoms with E-state index in [1.165, 1.54) is 20.3 Å². The van der Waals surface area contributed by atoms with Gasteiger partial charge in [0.1, 0.15) is 23.0 Å². The number of pyridine rings is 3. The molecule has 0 saturated carbocycles. The number of anilines is 3. The Morgan fingerprint density at radius 3 is 2.60 bits per heavy atom. The van der Waals surface area contributed by atoms with Crippen molar-refractivity contribution >= 4 is 46.0 Å². The third-order valence-electron chi connectivity index (χ3n) is 6.36. The van der Waals surface area contributed by atoms with E-state index in [1.54, 1.807) is 65.6 Å². The predicted octanol–water partition coefficient (Wildman–Crippen LogP) is 5.03. The monoisotopic (exact) mass is 583 g/mol. The van der Waals surface area contributed by atoms with E-state index in [1.807, 2.05) is 6.07 Å². The van der Waals surface area contributed by atoms with E-state index in [9.17, 15) is 9.59 Å². The second-order valence-electron chi connectivity index (χ2n) is 9.00. The SMILES string of the molecule is C=CC(=O)Nc1ccc(CCn2c(=O)c(-c3cc(OC)cc(OC)c3Cl)cc3cnc(Nc4ccccn4)nc32)nc1. The number of fused-ring (bicyclic) bond motifs is 1. The van der Waals surface area contributed by atoms with Crippen LogP contribution in [0.4, 0.5) is 17.5 Å². The highest BCUT2D eigenvalue weighted by Crippen LogP contribution is 2.38. The van der Waals surface area contributed by atoms with Crippen molar-refractivity contribution in [2.45, 2.75) is 13.0 Å². The molecule has 0 aliphatic heterocycles. The zero-order valence-corrected chi connectivity index (χ0v) is 23.6. The van der Waals surface area contributed by atoms with Crippen LogP contribution < -0.4 is 25.7 Å². The minimum atomic E-state index is -0.331. The summed E-state index contributed by atoms with van der Waals surface area (Å²) in [6.07, 6.45) is 6.41. The van der Waals surface area contributed by atoms with Crippen molar-refractivity contribution in [2.75, 3.05) is 24.9 Å². The molecular weight excluding hydrogens is 558 g/mol. The minimum Gasteiger partial charge on any atom is -0.497 e. The second-order valence-corrected chi connectivity index (χ2v) is 9.38. The van der Waals surface area contributed by atoms with Crippen LogP contribution in [0.25, 0.3) is 22.2 Å². The molecule has 12 heteroatoms. The Kier molecular flexibility index (Phi) is 8.39.